The first kappa shape index (κ1) is 11.3. The van der Waals surface area contributed by atoms with Crippen molar-refractivity contribution in [3.63, 3.8) is 0 Å². The van der Waals surface area contributed by atoms with Crippen molar-refractivity contribution in [1.82, 2.24) is 0 Å². The van der Waals surface area contributed by atoms with Gasteiger partial charge in [0.1, 0.15) is 0 Å². The number of nitrogens with two attached hydrogens (primary N) is 1. The van der Waals surface area contributed by atoms with Crippen LogP contribution in [0, 0.1) is 0 Å². The highest BCUT2D eigenvalue weighted by atomic mass is 79.9. The van der Waals surface area contributed by atoms with Gasteiger partial charge in [0, 0.05) is 11.3 Å². The summed E-state index contributed by atoms with van der Waals surface area (Å²) in [7, 11) is 0. The molecule has 0 aliphatic heterocycles. The van der Waals surface area contributed by atoms with E-state index in [0.717, 1.165) is 34.3 Å². The van der Waals surface area contributed by atoms with Gasteiger partial charge in [0.25, 0.3) is 0 Å². The van der Waals surface area contributed by atoms with E-state index in [-0.39, 0.29) is 5.78 Å². The normalized spacial score (nSPS) is 19.3. The lowest BCUT2D eigenvalue weighted by molar-refractivity contribution is -0.123. The van der Waals surface area contributed by atoms with Crippen LogP contribution < -0.4 is 5.73 Å². The average molecular weight is 288 g/mol. The minimum atomic E-state index is -0.531. The third kappa shape index (κ3) is 2.49. The molecule has 0 radical (unpaired) electrons. The standard InChI is InChI=1S/C11H14BrNOS/c12-10-4-3-8(15-10)7-9(14)11(13)5-1-2-6-11/h3-4H,1-2,5-7,13H2. The summed E-state index contributed by atoms with van der Waals surface area (Å²) in [6.07, 6.45) is 4.40. The maximum atomic E-state index is 12.0. The average Bonchev–Trinajstić information content (AvgIpc) is 2.76. The second-order valence-corrected chi connectivity index (χ2v) is 6.72. The first-order chi connectivity index (χ1) is 7.10. The van der Waals surface area contributed by atoms with Gasteiger partial charge in [0.15, 0.2) is 5.78 Å². The number of carbonyl (C=O) groups excluding carboxylic acids is 1. The van der Waals surface area contributed by atoms with Crippen LogP contribution in [0.25, 0.3) is 0 Å². The quantitative estimate of drug-likeness (QED) is 0.929. The summed E-state index contributed by atoms with van der Waals surface area (Å²) in [4.78, 5) is 13.1. The third-order valence-corrected chi connectivity index (χ3v) is 4.64. The summed E-state index contributed by atoms with van der Waals surface area (Å²) in [5.74, 6) is 0.203. The fraction of sp³-hybridized carbons (Fsp3) is 0.545. The maximum Gasteiger partial charge on any atom is 0.157 e. The van der Waals surface area contributed by atoms with E-state index in [9.17, 15) is 4.79 Å². The number of hydrogen-bond donors (Lipinski definition) is 1. The summed E-state index contributed by atoms with van der Waals surface area (Å²) in [5, 5.41) is 0. The fourth-order valence-corrected chi connectivity index (χ4v) is 3.55. The summed E-state index contributed by atoms with van der Waals surface area (Å²) in [6, 6.07) is 3.97. The van der Waals surface area contributed by atoms with Crippen molar-refractivity contribution in [2.45, 2.75) is 37.6 Å². The highest BCUT2D eigenvalue weighted by molar-refractivity contribution is 9.11. The van der Waals surface area contributed by atoms with Crippen LogP contribution in [0.3, 0.4) is 0 Å². The topological polar surface area (TPSA) is 43.1 Å². The van der Waals surface area contributed by atoms with E-state index in [1.54, 1.807) is 11.3 Å². The SMILES string of the molecule is NC1(C(=O)Cc2ccc(Br)s2)CCCC1. The van der Waals surface area contributed by atoms with Gasteiger partial charge in [0.05, 0.1) is 9.33 Å². The van der Waals surface area contributed by atoms with E-state index in [1.807, 2.05) is 12.1 Å². The predicted octanol–water partition coefficient (Wildman–Crippen LogP) is 2.89. The number of rotatable bonds is 3. The van der Waals surface area contributed by atoms with Crippen LogP contribution in [0.2, 0.25) is 0 Å². The van der Waals surface area contributed by atoms with Crippen molar-refractivity contribution in [1.29, 1.82) is 0 Å². The zero-order valence-corrected chi connectivity index (χ0v) is 10.9. The van der Waals surface area contributed by atoms with Gasteiger partial charge in [0.2, 0.25) is 0 Å². The fourth-order valence-electron chi connectivity index (χ4n) is 2.07. The van der Waals surface area contributed by atoms with Crippen LogP contribution in [0.1, 0.15) is 30.6 Å². The number of hydrogen-bond acceptors (Lipinski definition) is 3. The lowest BCUT2D eigenvalue weighted by atomic mass is 9.91. The summed E-state index contributed by atoms with van der Waals surface area (Å²) >= 11 is 5.01. The monoisotopic (exact) mass is 287 g/mol. The number of ketones is 1. The van der Waals surface area contributed by atoms with Crippen LogP contribution in [0.15, 0.2) is 15.9 Å². The smallest absolute Gasteiger partial charge is 0.157 e. The molecule has 0 bridgehead atoms. The molecule has 0 saturated heterocycles. The van der Waals surface area contributed by atoms with E-state index in [0.29, 0.717) is 6.42 Å². The van der Waals surface area contributed by atoms with Gasteiger partial charge in [-0.05, 0) is 40.9 Å². The van der Waals surface area contributed by atoms with E-state index < -0.39 is 5.54 Å². The van der Waals surface area contributed by atoms with Gasteiger partial charge >= 0.3 is 0 Å². The highest BCUT2D eigenvalue weighted by Gasteiger charge is 2.36. The number of thiophene rings is 1. The molecular formula is C11H14BrNOS. The van der Waals surface area contributed by atoms with Crippen molar-refractivity contribution in [2.75, 3.05) is 0 Å². The Labute approximate surface area is 102 Å². The molecule has 0 atom stereocenters. The van der Waals surface area contributed by atoms with Gasteiger partial charge in [-0.15, -0.1) is 11.3 Å². The molecule has 1 fully saturated rings. The Morgan fingerprint density at radius 3 is 2.67 bits per heavy atom. The zero-order valence-electron chi connectivity index (χ0n) is 8.46. The molecule has 82 valence electrons. The van der Waals surface area contributed by atoms with E-state index in [4.69, 9.17) is 5.73 Å². The van der Waals surface area contributed by atoms with E-state index >= 15 is 0 Å². The van der Waals surface area contributed by atoms with Crippen molar-refractivity contribution >= 4 is 33.0 Å². The second-order valence-electron chi connectivity index (χ2n) is 4.17. The Bertz CT molecular complexity index is 368. The molecule has 0 spiro atoms. The molecule has 0 aromatic carbocycles. The molecule has 1 aromatic rings. The van der Waals surface area contributed by atoms with Crippen LogP contribution >= 0.6 is 27.3 Å². The Morgan fingerprint density at radius 1 is 1.47 bits per heavy atom. The molecule has 15 heavy (non-hydrogen) atoms. The molecule has 2 nitrogen and oxygen atoms in total. The van der Waals surface area contributed by atoms with E-state index in [2.05, 4.69) is 15.9 Å². The van der Waals surface area contributed by atoms with Gasteiger partial charge in [-0.1, -0.05) is 12.8 Å². The first-order valence-corrected chi connectivity index (χ1v) is 6.77. The molecule has 1 aromatic heterocycles. The van der Waals surface area contributed by atoms with Crippen molar-refractivity contribution < 1.29 is 4.79 Å². The Morgan fingerprint density at radius 2 is 2.13 bits per heavy atom. The van der Waals surface area contributed by atoms with E-state index in [1.165, 1.54) is 0 Å². The summed E-state index contributed by atoms with van der Waals surface area (Å²) < 4.78 is 1.07. The van der Waals surface area contributed by atoms with Crippen molar-refractivity contribution in [2.24, 2.45) is 5.73 Å². The summed E-state index contributed by atoms with van der Waals surface area (Å²) in [6.45, 7) is 0. The third-order valence-electron chi connectivity index (χ3n) is 3.01. The minimum absolute atomic E-state index is 0.203. The largest absolute Gasteiger partial charge is 0.319 e. The Hall–Kier alpha value is -0.190. The molecule has 1 aliphatic carbocycles. The number of Topliss-reactive ketones (excluding diaryl/α,β-unsaturated/α-hetero) is 1. The lowest BCUT2D eigenvalue weighted by Gasteiger charge is -2.21. The molecule has 0 unspecified atom stereocenters. The van der Waals surface area contributed by atoms with Crippen LogP contribution in [-0.4, -0.2) is 11.3 Å². The number of halogens is 1. The number of carbonyl (C=O) groups is 1. The molecule has 1 saturated carbocycles. The molecule has 1 aliphatic rings. The van der Waals surface area contributed by atoms with Gasteiger partial charge in [-0.2, -0.15) is 0 Å². The van der Waals surface area contributed by atoms with Crippen molar-refractivity contribution in [3.05, 3.63) is 20.8 Å². The van der Waals surface area contributed by atoms with Gasteiger partial charge < -0.3 is 5.73 Å². The lowest BCUT2D eigenvalue weighted by Crippen LogP contribution is -2.45. The van der Waals surface area contributed by atoms with Crippen molar-refractivity contribution in [3.8, 4) is 0 Å². The Balaban J connectivity index is 2.03. The predicted molar refractivity (Wildman–Crippen MR) is 66.1 cm³/mol. The van der Waals surface area contributed by atoms with Gasteiger partial charge in [-0.3, -0.25) is 4.79 Å². The summed E-state index contributed by atoms with van der Waals surface area (Å²) in [5.41, 5.74) is 5.57. The molecule has 2 N–H and O–H groups in total. The molecule has 1 heterocycles. The minimum Gasteiger partial charge on any atom is -0.319 e. The highest BCUT2D eigenvalue weighted by Crippen LogP contribution is 2.30. The van der Waals surface area contributed by atoms with Crippen LogP contribution in [0.5, 0.6) is 0 Å². The van der Waals surface area contributed by atoms with Crippen LogP contribution in [-0.2, 0) is 11.2 Å². The Kier molecular flexibility index (Phi) is 3.28. The molecule has 0 amide bonds. The van der Waals surface area contributed by atoms with Crippen LogP contribution in [0.4, 0.5) is 0 Å². The second kappa shape index (κ2) is 4.36. The molecule has 4 heteroatoms. The van der Waals surface area contributed by atoms with Gasteiger partial charge in [-0.25, -0.2) is 0 Å². The molecular weight excluding hydrogens is 274 g/mol. The molecule has 2 rings (SSSR count). The zero-order chi connectivity index (χ0) is 10.9. The maximum absolute atomic E-state index is 12.0. The first-order valence-electron chi connectivity index (χ1n) is 5.16.